The summed E-state index contributed by atoms with van der Waals surface area (Å²) in [6.45, 7) is 1.94. The Labute approximate surface area is 106 Å². The standard InChI is InChI=1S/C13H17NO4/c1-10(12(15)17-3)9-14(2)13(16)18-11-7-5-4-6-8-11/h4-8,10H,9H2,1-3H3. The summed E-state index contributed by atoms with van der Waals surface area (Å²) in [5.41, 5.74) is 0. The van der Waals surface area contributed by atoms with Crippen molar-refractivity contribution in [3.05, 3.63) is 30.3 Å². The fraction of sp³-hybridized carbons (Fsp3) is 0.385. The number of amides is 1. The van der Waals surface area contributed by atoms with E-state index in [-0.39, 0.29) is 18.4 Å². The molecule has 1 atom stereocenters. The van der Waals surface area contributed by atoms with Gasteiger partial charge >= 0.3 is 12.1 Å². The largest absolute Gasteiger partial charge is 0.469 e. The minimum atomic E-state index is -0.503. The van der Waals surface area contributed by atoms with Crippen LogP contribution in [0.25, 0.3) is 0 Å². The molecule has 0 spiro atoms. The molecular weight excluding hydrogens is 234 g/mol. The molecule has 0 saturated carbocycles. The summed E-state index contributed by atoms with van der Waals surface area (Å²) in [5.74, 6) is -0.266. The van der Waals surface area contributed by atoms with Gasteiger partial charge in [0.25, 0.3) is 0 Å². The minimum absolute atomic E-state index is 0.248. The normalized spacial score (nSPS) is 11.5. The topological polar surface area (TPSA) is 55.8 Å². The van der Waals surface area contributed by atoms with E-state index >= 15 is 0 Å². The lowest BCUT2D eigenvalue weighted by Gasteiger charge is -2.19. The van der Waals surface area contributed by atoms with Gasteiger partial charge in [0.15, 0.2) is 0 Å². The molecule has 0 heterocycles. The van der Waals surface area contributed by atoms with Gasteiger partial charge in [-0.25, -0.2) is 4.79 Å². The summed E-state index contributed by atoms with van der Waals surface area (Å²) < 4.78 is 9.72. The Morgan fingerprint density at radius 3 is 2.44 bits per heavy atom. The third-order valence-corrected chi connectivity index (χ3v) is 2.41. The summed E-state index contributed by atoms with van der Waals surface area (Å²) in [6, 6.07) is 8.77. The van der Waals surface area contributed by atoms with Crippen molar-refractivity contribution in [1.29, 1.82) is 0 Å². The van der Waals surface area contributed by atoms with Gasteiger partial charge in [-0.3, -0.25) is 4.79 Å². The van der Waals surface area contributed by atoms with Crippen molar-refractivity contribution in [3.63, 3.8) is 0 Å². The summed E-state index contributed by atoms with van der Waals surface area (Å²) in [7, 11) is 2.89. The van der Waals surface area contributed by atoms with Crippen molar-refractivity contribution < 1.29 is 19.1 Å². The molecule has 1 amide bonds. The number of esters is 1. The second kappa shape index (κ2) is 6.64. The summed E-state index contributed by atoms with van der Waals surface area (Å²) in [4.78, 5) is 24.3. The SMILES string of the molecule is COC(=O)C(C)CN(C)C(=O)Oc1ccccc1. The molecule has 1 rings (SSSR count). The van der Waals surface area contributed by atoms with E-state index < -0.39 is 6.09 Å². The van der Waals surface area contributed by atoms with E-state index in [4.69, 9.17) is 4.74 Å². The van der Waals surface area contributed by atoms with Gasteiger partial charge in [0.2, 0.25) is 0 Å². The Kier molecular flexibility index (Phi) is 5.17. The van der Waals surface area contributed by atoms with Crippen LogP contribution in [0.2, 0.25) is 0 Å². The fourth-order valence-electron chi connectivity index (χ4n) is 1.43. The lowest BCUT2D eigenvalue weighted by atomic mass is 10.2. The lowest BCUT2D eigenvalue weighted by Crippen LogP contribution is -2.35. The maximum atomic E-state index is 11.7. The van der Waals surface area contributed by atoms with Gasteiger partial charge in [-0.15, -0.1) is 0 Å². The van der Waals surface area contributed by atoms with Crippen molar-refractivity contribution >= 4 is 12.1 Å². The molecule has 1 unspecified atom stereocenters. The Bertz CT molecular complexity index is 405. The van der Waals surface area contributed by atoms with Gasteiger partial charge in [0.1, 0.15) is 5.75 Å². The van der Waals surface area contributed by atoms with E-state index in [1.165, 1.54) is 12.0 Å². The fourth-order valence-corrected chi connectivity index (χ4v) is 1.43. The molecule has 18 heavy (non-hydrogen) atoms. The van der Waals surface area contributed by atoms with Crippen LogP contribution in [0.4, 0.5) is 4.79 Å². The number of nitrogens with zero attached hydrogens (tertiary/aromatic N) is 1. The third-order valence-electron chi connectivity index (χ3n) is 2.41. The highest BCUT2D eigenvalue weighted by Crippen LogP contribution is 2.10. The molecular formula is C13H17NO4. The minimum Gasteiger partial charge on any atom is -0.469 e. The number of para-hydroxylation sites is 1. The first kappa shape index (κ1) is 14.0. The van der Waals surface area contributed by atoms with Crippen molar-refractivity contribution in [2.45, 2.75) is 6.92 Å². The first-order valence-corrected chi connectivity index (χ1v) is 5.60. The highest BCUT2D eigenvalue weighted by molar-refractivity contribution is 5.74. The van der Waals surface area contributed by atoms with Gasteiger partial charge in [-0.2, -0.15) is 0 Å². The molecule has 5 heteroatoms. The van der Waals surface area contributed by atoms with Crippen LogP contribution in [0.3, 0.4) is 0 Å². The summed E-state index contributed by atoms with van der Waals surface area (Å²) in [5, 5.41) is 0. The van der Waals surface area contributed by atoms with Crippen LogP contribution >= 0.6 is 0 Å². The quantitative estimate of drug-likeness (QED) is 0.767. The van der Waals surface area contributed by atoms with Crippen LogP contribution in [0.15, 0.2) is 30.3 Å². The number of carbonyl (C=O) groups is 2. The van der Waals surface area contributed by atoms with E-state index in [1.807, 2.05) is 6.07 Å². The van der Waals surface area contributed by atoms with E-state index in [9.17, 15) is 9.59 Å². The van der Waals surface area contributed by atoms with E-state index in [2.05, 4.69) is 4.74 Å². The Morgan fingerprint density at radius 1 is 1.28 bits per heavy atom. The predicted octanol–water partition coefficient (Wildman–Crippen LogP) is 1.93. The van der Waals surface area contributed by atoms with E-state index in [1.54, 1.807) is 38.2 Å². The molecule has 0 fully saturated rings. The van der Waals surface area contributed by atoms with Crippen LogP contribution in [-0.2, 0) is 9.53 Å². The first-order chi connectivity index (χ1) is 8.54. The smallest absolute Gasteiger partial charge is 0.414 e. The number of carbonyl (C=O) groups excluding carboxylic acids is 2. The van der Waals surface area contributed by atoms with Crippen LogP contribution in [0, 0.1) is 5.92 Å². The molecule has 1 aromatic rings. The van der Waals surface area contributed by atoms with Gasteiger partial charge in [0.05, 0.1) is 13.0 Å². The number of methoxy groups -OCH3 is 1. The molecule has 0 N–H and O–H groups in total. The van der Waals surface area contributed by atoms with Crippen molar-refractivity contribution in [2.75, 3.05) is 20.7 Å². The molecule has 0 aromatic heterocycles. The molecule has 0 aliphatic heterocycles. The highest BCUT2D eigenvalue weighted by Gasteiger charge is 2.19. The number of rotatable bonds is 4. The van der Waals surface area contributed by atoms with Crippen molar-refractivity contribution in [2.24, 2.45) is 5.92 Å². The van der Waals surface area contributed by atoms with Crippen LogP contribution in [0.1, 0.15) is 6.92 Å². The van der Waals surface area contributed by atoms with Crippen LogP contribution in [0.5, 0.6) is 5.75 Å². The molecule has 0 radical (unpaired) electrons. The van der Waals surface area contributed by atoms with Gasteiger partial charge in [-0.05, 0) is 12.1 Å². The second-order valence-corrected chi connectivity index (χ2v) is 3.99. The maximum absolute atomic E-state index is 11.7. The third kappa shape index (κ3) is 4.08. The van der Waals surface area contributed by atoms with Crippen molar-refractivity contribution in [1.82, 2.24) is 4.90 Å². The Balaban J connectivity index is 2.49. The zero-order valence-electron chi connectivity index (χ0n) is 10.8. The molecule has 0 aliphatic carbocycles. The monoisotopic (exact) mass is 251 g/mol. The van der Waals surface area contributed by atoms with Gasteiger partial charge in [-0.1, -0.05) is 25.1 Å². The first-order valence-electron chi connectivity index (χ1n) is 5.60. The summed E-state index contributed by atoms with van der Waals surface area (Å²) >= 11 is 0. The number of hydrogen-bond acceptors (Lipinski definition) is 4. The second-order valence-electron chi connectivity index (χ2n) is 3.99. The van der Waals surface area contributed by atoms with Gasteiger partial charge < -0.3 is 14.4 Å². The average Bonchev–Trinajstić information content (AvgIpc) is 2.38. The van der Waals surface area contributed by atoms with E-state index in [0.717, 1.165) is 0 Å². The van der Waals surface area contributed by atoms with E-state index in [0.29, 0.717) is 5.75 Å². The molecule has 5 nitrogen and oxygen atoms in total. The molecule has 0 aliphatic rings. The number of hydrogen-bond donors (Lipinski definition) is 0. The zero-order valence-corrected chi connectivity index (χ0v) is 10.8. The predicted molar refractivity (Wildman–Crippen MR) is 66.3 cm³/mol. The zero-order chi connectivity index (χ0) is 13.5. The Morgan fingerprint density at radius 2 is 1.89 bits per heavy atom. The highest BCUT2D eigenvalue weighted by atomic mass is 16.6. The maximum Gasteiger partial charge on any atom is 0.414 e. The summed E-state index contributed by atoms with van der Waals surface area (Å²) in [6.07, 6.45) is -0.503. The van der Waals surface area contributed by atoms with Gasteiger partial charge in [0, 0.05) is 13.6 Å². The molecule has 1 aromatic carbocycles. The lowest BCUT2D eigenvalue weighted by molar-refractivity contribution is -0.145. The average molecular weight is 251 g/mol. The molecule has 0 bridgehead atoms. The number of ether oxygens (including phenoxy) is 2. The Hall–Kier alpha value is -2.04. The molecule has 0 saturated heterocycles. The van der Waals surface area contributed by atoms with Crippen LogP contribution < -0.4 is 4.74 Å². The number of benzene rings is 1. The van der Waals surface area contributed by atoms with Crippen molar-refractivity contribution in [3.8, 4) is 5.75 Å². The van der Waals surface area contributed by atoms with Crippen LogP contribution in [-0.4, -0.2) is 37.7 Å². The molecule has 98 valence electrons.